The lowest BCUT2D eigenvalue weighted by Crippen LogP contribution is -2.24. The van der Waals surface area contributed by atoms with Gasteiger partial charge in [0.15, 0.2) is 11.5 Å². The molecule has 0 saturated carbocycles. The topological polar surface area (TPSA) is 85.4 Å². The lowest BCUT2D eigenvalue weighted by molar-refractivity contribution is 0.0946. The fourth-order valence-electron chi connectivity index (χ4n) is 2.31. The first-order valence-corrected chi connectivity index (χ1v) is 8.59. The highest BCUT2D eigenvalue weighted by Crippen LogP contribution is 2.27. The van der Waals surface area contributed by atoms with Crippen LogP contribution in [0.1, 0.15) is 36.3 Å². The van der Waals surface area contributed by atoms with Crippen LogP contribution >= 0.6 is 0 Å². The molecule has 1 aromatic carbocycles. The highest BCUT2D eigenvalue weighted by molar-refractivity contribution is 5.92. The van der Waals surface area contributed by atoms with Crippen molar-refractivity contribution in [3.63, 3.8) is 0 Å². The zero-order valence-corrected chi connectivity index (χ0v) is 15.7. The maximum absolute atomic E-state index is 12.3. The highest BCUT2D eigenvalue weighted by Gasteiger charge is 2.10. The van der Waals surface area contributed by atoms with Crippen LogP contribution in [0.5, 0.6) is 11.5 Å². The Kier molecular flexibility index (Phi) is 7.20. The van der Waals surface area contributed by atoms with Crippen LogP contribution in [-0.2, 0) is 6.54 Å². The SMILES string of the molecule is COc1ccc(CNC(=O)c2ccnc(NCCC(C)C)n2)cc1OC. The van der Waals surface area contributed by atoms with E-state index in [1.54, 1.807) is 26.5 Å². The second-order valence-electron chi connectivity index (χ2n) is 6.25. The molecule has 2 N–H and O–H groups in total. The minimum Gasteiger partial charge on any atom is -0.493 e. The van der Waals surface area contributed by atoms with E-state index in [4.69, 9.17) is 9.47 Å². The number of methoxy groups -OCH3 is 2. The Hall–Kier alpha value is -2.83. The summed E-state index contributed by atoms with van der Waals surface area (Å²) >= 11 is 0. The fourth-order valence-corrected chi connectivity index (χ4v) is 2.31. The monoisotopic (exact) mass is 358 g/mol. The molecule has 0 unspecified atom stereocenters. The Morgan fingerprint density at radius 1 is 1.15 bits per heavy atom. The molecule has 0 aliphatic carbocycles. The van der Waals surface area contributed by atoms with E-state index >= 15 is 0 Å². The van der Waals surface area contributed by atoms with Gasteiger partial charge in [-0.25, -0.2) is 9.97 Å². The van der Waals surface area contributed by atoms with Crippen LogP contribution in [0.25, 0.3) is 0 Å². The molecule has 2 rings (SSSR count). The quantitative estimate of drug-likeness (QED) is 0.717. The van der Waals surface area contributed by atoms with Gasteiger partial charge in [-0.1, -0.05) is 19.9 Å². The van der Waals surface area contributed by atoms with Crippen molar-refractivity contribution in [3.05, 3.63) is 41.7 Å². The van der Waals surface area contributed by atoms with E-state index in [2.05, 4.69) is 34.4 Å². The molecular weight excluding hydrogens is 332 g/mol. The van der Waals surface area contributed by atoms with Crippen LogP contribution in [0.2, 0.25) is 0 Å². The van der Waals surface area contributed by atoms with Gasteiger partial charge in [0.1, 0.15) is 5.69 Å². The number of carbonyl (C=O) groups excluding carboxylic acids is 1. The molecule has 1 heterocycles. The summed E-state index contributed by atoms with van der Waals surface area (Å²) in [4.78, 5) is 20.8. The Balaban J connectivity index is 1.95. The van der Waals surface area contributed by atoms with Crippen molar-refractivity contribution in [3.8, 4) is 11.5 Å². The van der Waals surface area contributed by atoms with E-state index in [1.807, 2.05) is 18.2 Å². The number of aromatic nitrogens is 2. The van der Waals surface area contributed by atoms with Gasteiger partial charge >= 0.3 is 0 Å². The molecule has 0 spiro atoms. The van der Waals surface area contributed by atoms with Crippen molar-refractivity contribution in [2.24, 2.45) is 5.92 Å². The van der Waals surface area contributed by atoms with Gasteiger partial charge in [0.2, 0.25) is 5.95 Å². The Morgan fingerprint density at radius 2 is 1.92 bits per heavy atom. The number of benzene rings is 1. The molecule has 7 nitrogen and oxygen atoms in total. The summed E-state index contributed by atoms with van der Waals surface area (Å²) in [6, 6.07) is 7.11. The van der Waals surface area contributed by atoms with Crippen LogP contribution in [0.15, 0.2) is 30.5 Å². The number of nitrogens with zero attached hydrogens (tertiary/aromatic N) is 2. The van der Waals surface area contributed by atoms with Gasteiger partial charge in [-0.2, -0.15) is 0 Å². The molecule has 0 saturated heterocycles. The van der Waals surface area contributed by atoms with Crippen molar-refractivity contribution in [2.75, 3.05) is 26.1 Å². The zero-order chi connectivity index (χ0) is 18.9. The van der Waals surface area contributed by atoms with Gasteiger partial charge in [0.05, 0.1) is 14.2 Å². The van der Waals surface area contributed by atoms with E-state index in [0.29, 0.717) is 35.6 Å². The van der Waals surface area contributed by atoms with E-state index in [9.17, 15) is 4.79 Å². The molecule has 0 fully saturated rings. The van der Waals surface area contributed by atoms with Crippen molar-refractivity contribution < 1.29 is 14.3 Å². The molecule has 0 aliphatic heterocycles. The maximum Gasteiger partial charge on any atom is 0.270 e. The smallest absolute Gasteiger partial charge is 0.270 e. The minimum atomic E-state index is -0.255. The third-order valence-electron chi connectivity index (χ3n) is 3.79. The lowest BCUT2D eigenvalue weighted by atomic mass is 10.1. The molecule has 1 aromatic heterocycles. The van der Waals surface area contributed by atoms with Crippen LogP contribution in [-0.4, -0.2) is 36.6 Å². The third kappa shape index (κ3) is 5.61. The van der Waals surface area contributed by atoms with Gasteiger partial charge in [0.25, 0.3) is 5.91 Å². The van der Waals surface area contributed by atoms with Crippen molar-refractivity contribution in [1.82, 2.24) is 15.3 Å². The molecule has 140 valence electrons. The van der Waals surface area contributed by atoms with Crippen LogP contribution in [0.4, 0.5) is 5.95 Å². The minimum absolute atomic E-state index is 0.255. The van der Waals surface area contributed by atoms with Gasteiger partial charge in [-0.15, -0.1) is 0 Å². The second-order valence-corrected chi connectivity index (χ2v) is 6.25. The summed E-state index contributed by atoms with van der Waals surface area (Å²) in [6.45, 7) is 5.44. The molecular formula is C19H26N4O3. The second kappa shape index (κ2) is 9.60. The summed E-state index contributed by atoms with van der Waals surface area (Å²) in [5, 5.41) is 5.99. The predicted molar refractivity (Wildman–Crippen MR) is 101 cm³/mol. The summed E-state index contributed by atoms with van der Waals surface area (Å²) in [5.41, 5.74) is 1.23. The first-order chi connectivity index (χ1) is 12.5. The maximum atomic E-state index is 12.3. The number of ether oxygens (including phenoxy) is 2. The van der Waals surface area contributed by atoms with Crippen LogP contribution in [0.3, 0.4) is 0 Å². The van der Waals surface area contributed by atoms with Gasteiger partial charge in [-0.3, -0.25) is 4.79 Å². The number of anilines is 1. The number of hydrogen-bond donors (Lipinski definition) is 2. The first-order valence-electron chi connectivity index (χ1n) is 8.59. The van der Waals surface area contributed by atoms with E-state index < -0.39 is 0 Å². The molecule has 26 heavy (non-hydrogen) atoms. The molecule has 0 bridgehead atoms. The molecule has 0 radical (unpaired) electrons. The van der Waals surface area contributed by atoms with Crippen LogP contribution < -0.4 is 20.1 Å². The lowest BCUT2D eigenvalue weighted by Gasteiger charge is -2.11. The van der Waals surface area contributed by atoms with Crippen molar-refractivity contribution >= 4 is 11.9 Å². The first kappa shape index (κ1) is 19.5. The summed E-state index contributed by atoms with van der Waals surface area (Å²) in [5.74, 6) is 2.07. The summed E-state index contributed by atoms with van der Waals surface area (Å²) in [7, 11) is 3.16. The van der Waals surface area contributed by atoms with Crippen molar-refractivity contribution in [2.45, 2.75) is 26.8 Å². The van der Waals surface area contributed by atoms with Crippen LogP contribution in [0, 0.1) is 5.92 Å². The third-order valence-corrected chi connectivity index (χ3v) is 3.79. The van der Waals surface area contributed by atoms with E-state index in [1.165, 1.54) is 0 Å². The number of rotatable bonds is 9. The van der Waals surface area contributed by atoms with Crippen molar-refractivity contribution in [1.29, 1.82) is 0 Å². The summed E-state index contributed by atoms with van der Waals surface area (Å²) < 4.78 is 10.5. The van der Waals surface area contributed by atoms with Gasteiger partial charge < -0.3 is 20.1 Å². The number of amides is 1. The van der Waals surface area contributed by atoms with Gasteiger partial charge in [0, 0.05) is 19.3 Å². The molecule has 0 atom stereocenters. The number of hydrogen-bond acceptors (Lipinski definition) is 6. The Labute approximate surface area is 154 Å². The molecule has 1 amide bonds. The summed E-state index contributed by atoms with van der Waals surface area (Å²) in [6.07, 6.45) is 2.59. The average molecular weight is 358 g/mol. The van der Waals surface area contributed by atoms with E-state index in [-0.39, 0.29) is 5.91 Å². The standard InChI is InChI=1S/C19H26N4O3/c1-13(2)7-9-20-19-21-10-8-15(23-19)18(24)22-12-14-5-6-16(25-3)17(11-14)26-4/h5-6,8,10-11,13H,7,9,12H2,1-4H3,(H,22,24)(H,20,21,23). The molecule has 7 heteroatoms. The average Bonchev–Trinajstić information content (AvgIpc) is 2.65. The van der Waals surface area contributed by atoms with Gasteiger partial charge in [-0.05, 0) is 36.1 Å². The zero-order valence-electron chi connectivity index (χ0n) is 15.7. The fraction of sp³-hybridized carbons (Fsp3) is 0.421. The number of carbonyl (C=O) groups is 1. The number of nitrogens with one attached hydrogen (secondary N) is 2. The normalized spacial score (nSPS) is 10.5. The Bertz CT molecular complexity index is 734. The predicted octanol–water partition coefficient (Wildman–Crippen LogP) is 2.88. The largest absolute Gasteiger partial charge is 0.493 e. The molecule has 0 aliphatic rings. The molecule has 2 aromatic rings. The highest BCUT2D eigenvalue weighted by atomic mass is 16.5. The van der Waals surface area contributed by atoms with E-state index in [0.717, 1.165) is 18.5 Å². The Morgan fingerprint density at radius 3 is 2.62 bits per heavy atom.